The SMILES string of the molecule is O=C(c1ccc2c(c1)OCCO2)c1cc(Br)cc2c1OCC2. The van der Waals surface area contributed by atoms with Gasteiger partial charge in [-0.15, -0.1) is 0 Å². The second-order valence-electron chi connectivity index (χ2n) is 5.23. The Balaban J connectivity index is 1.76. The third kappa shape index (κ3) is 2.25. The number of ether oxygens (including phenoxy) is 3. The number of hydrogen-bond acceptors (Lipinski definition) is 4. The monoisotopic (exact) mass is 360 g/mol. The Hall–Kier alpha value is -2.01. The molecule has 0 atom stereocenters. The molecule has 0 saturated heterocycles. The standard InChI is InChI=1S/C17H13BrO4/c18-12-7-11-3-4-22-17(11)13(9-12)16(19)10-1-2-14-15(8-10)21-6-5-20-14/h1-2,7-9H,3-6H2. The van der Waals surface area contributed by atoms with Gasteiger partial charge in [0, 0.05) is 16.5 Å². The molecule has 2 aliphatic rings. The topological polar surface area (TPSA) is 44.8 Å². The minimum absolute atomic E-state index is 0.0728. The van der Waals surface area contributed by atoms with Crippen molar-refractivity contribution in [2.75, 3.05) is 19.8 Å². The van der Waals surface area contributed by atoms with E-state index >= 15 is 0 Å². The van der Waals surface area contributed by atoms with Gasteiger partial charge in [-0.05, 0) is 35.9 Å². The number of carbonyl (C=O) groups excluding carboxylic acids is 1. The van der Waals surface area contributed by atoms with E-state index in [1.807, 2.05) is 12.1 Å². The quantitative estimate of drug-likeness (QED) is 0.770. The van der Waals surface area contributed by atoms with Gasteiger partial charge in [0.1, 0.15) is 19.0 Å². The summed E-state index contributed by atoms with van der Waals surface area (Å²) in [5.74, 6) is 1.92. The van der Waals surface area contributed by atoms with E-state index in [9.17, 15) is 4.79 Å². The average molecular weight is 361 g/mol. The van der Waals surface area contributed by atoms with Gasteiger partial charge < -0.3 is 14.2 Å². The third-order valence-electron chi connectivity index (χ3n) is 3.80. The predicted molar refractivity (Wildman–Crippen MR) is 84.2 cm³/mol. The minimum atomic E-state index is -0.0728. The van der Waals surface area contributed by atoms with Crippen LogP contribution in [-0.2, 0) is 6.42 Å². The molecule has 112 valence electrons. The van der Waals surface area contributed by atoms with Crippen LogP contribution < -0.4 is 14.2 Å². The van der Waals surface area contributed by atoms with E-state index in [2.05, 4.69) is 15.9 Å². The number of benzene rings is 2. The highest BCUT2D eigenvalue weighted by molar-refractivity contribution is 9.10. The van der Waals surface area contributed by atoms with Crippen molar-refractivity contribution in [3.63, 3.8) is 0 Å². The summed E-state index contributed by atoms with van der Waals surface area (Å²) in [4.78, 5) is 12.8. The molecule has 0 amide bonds. The van der Waals surface area contributed by atoms with Crippen LogP contribution in [0.1, 0.15) is 21.5 Å². The molecule has 4 nitrogen and oxygen atoms in total. The van der Waals surface area contributed by atoms with Crippen molar-refractivity contribution < 1.29 is 19.0 Å². The number of fused-ring (bicyclic) bond motifs is 2. The number of rotatable bonds is 2. The van der Waals surface area contributed by atoms with Crippen molar-refractivity contribution >= 4 is 21.7 Å². The van der Waals surface area contributed by atoms with Crippen molar-refractivity contribution in [3.05, 3.63) is 51.5 Å². The number of hydrogen-bond donors (Lipinski definition) is 0. The molecule has 4 rings (SSSR count). The summed E-state index contributed by atoms with van der Waals surface area (Å²) in [6.45, 7) is 1.65. The molecule has 0 N–H and O–H groups in total. The highest BCUT2D eigenvalue weighted by Gasteiger charge is 2.24. The molecule has 0 radical (unpaired) electrons. The Morgan fingerprint density at radius 3 is 2.64 bits per heavy atom. The van der Waals surface area contributed by atoms with Crippen LogP contribution >= 0.6 is 15.9 Å². The Bertz CT molecular complexity index is 769. The molecule has 2 heterocycles. The van der Waals surface area contributed by atoms with E-state index in [-0.39, 0.29) is 5.78 Å². The zero-order chi connectivity index (χ0) is 15.1. The van der Waals surface area contributed by atoms with Gasteiger partial charge in [0.15, 0.2) is 17.3 Å². The van der Waals surface area contributed by atoms with Gasteiger partial charge in [-0.2, -0.15) is 0 Å². The summed E-state index contributed by atoms with van der Waals surface area (Å²) in [5, 5.41) is 0. The van der Waals surface area contributed by atoms with Crippen molar-refractivity contribution in [3.8, 4) is 17.2 Å². The maximum atomic E-state index is 12.8. The van der Waals surface area contributed by atoms with Crippen LogP contribution in [0.15, 0.2) is 34.8 Å². The fraction of sp³-hybridized carbons (Fsp3) is 0.235. The highest BCUT2D eigenvalue weighted by Crippen LogP contribution is 2.36. The minimum Gasteiger partial charge on any atom is -0.492 e. The molecule has 0 unspecified atom stereocenters. The summed E-state index contributed by atoms with van der Waals surface area (Å²) >= 11 is 3.46. The summed E-state index contributed by atoms with van der Waals surface area (Å²) < 4.78 is 17.6. The maximum Gasteiger partial charge on any atom is 0.196 e. The Labute approximate surface area is 136 Å². The molecule has 22 heavy (non-hydrogen) atoms. The molecule has 0 spiro atoms. The van der Waals surface area contributed by atoms with E-state index in [4.69, 9.17) is 14.2 Å². The lowest BCUT2D eigenvalue weighted by atomic mass is 9.99. The van der Waals surface area contributed by atoms with Crippen LogP contribution in [0.5, 0.6) is 17.2 Å². The van der Waals surface area contributed by atoms with Crippen molar-refractivity contribution in [2.24, 2.45) is 0 Å². The van der Waals surface area contributed by atoms with E-state index < -0.39 is 0 Å². The van der Waals surface area contributed by atoms with Gasteiger partial charge >= 0.3 is 0 Å². The molecule has 2 aliphatic heterocycles. The molecule has 0 bridgehead atoms. The molecule has 5 heteroatoms. The second-order valence-corrected chi connectivity index (χ2v) is 6.14. The van der Waals surface area contributed by atoms with Crippen LogP contribution in [0.3, 0.4) is 0 Å². The zero-order valence-corrected chi connectivity index (χ0v) is 13.3. The van der Waals surface area contributed by atoms with Gasteiger partial charge in [-0.3, -0.25) is 4.79 Å². The highest BCUT2D eigenvalue weighted by atomic mass is 79.9. The van der Waals surface area contributed by atoms with E-state index in [1.54, 1.807) is 18.2 Å². The molecular weight excluding hydrogens is 348 g/mol. The molecule has 0 aliphatic carbocycles. The molecule has 2 aromatic rings. The summed E-state index contributed by atoms with van der Waals surface area (Å²) in [7, 11) is 0. The fourth-order valence-corrected chi connectivity index (χ4v) is 3.28. The smallest absolute Gasteiger partial charge is 0.196 e. The number of halogens is 1. The maximum absolute atomic E-state index is 12.8. The lowest BCUT2D eigenvalue weighted by Gasteiger charge is -2.18. The first-order chi connectivity index (χ1) is 10.7. The molecule has 0 saturated carbocycles. The fourth-order valence-electron chi connectivity index (χ4n) is 2.78. The number of carbonyl (C=O) groups is 1. The average Bonchev–Trinajstić information content (AvgIpc) is 3.01. The van der Waals surface area contributed by atoms with Gasteiger partial charge in [0.25, 0.3) is 0 Å². The molecular formula is C17H13BrO4. The van der Waals surface area contributed by atoms with Crippen molar-refractivity contribution in [2.45, 2.75) is 6.42 Å². The van der Waals surface area contributed by atoms with Crippen LogP contribution in [0.2, 0.25) is 0 Å². The summed E-state index contributed by atoms with van der Waals surface area (Å²) in [6, 6.07) is 9.09. The molecule has 2 aromatic carbocycles. The summed E-state index contributed by atoms with van der Waals surface area (Å²) in [5.41, 5.74) is 2.22. The molecule has 0 aromatic heterocycles. The molecule has 0 fully saturated rings. The predicted octanol–water partition coefficient (Wildman–Crippen LogP) is 3.39. The van der Waals surface area contributed by atoms with Gasteiger partial charge in [-0.1, -0.05) is 15.9 Å². The summed E-state index contributed by atoms with van der Waals surface area (Å²) in [6.07, 6.45) is 0.830. The second kappa shape index (κ2) is 5.32. The van der Waals surface area contributed by atoms with Crippen LogP contribution in [-0.4, -0.2) is 25.6 Å². The number of ketones is 1. The van der Waals surface area contributed by atoms with E-state index in [1.165, 1.54) is 0 Å². The first-order valence-corrected chi connectivity index (χ1v) is 7.91. The van der Waals surface area contributed by atoms with E-state index in [0.717, 1.165) is 16.5 Å². The largest absolute Gasteiger partial charge is 0.492 e. The van der Waals surface area contributed by atoms with Crippen molar-refractivity contribution in [1.29, 1.82) is 0 Å². The first-order valence-electron chi connectivity index (χ1n) is 7.12. The van der Waals surface area contributed by atoms with Crippen LogP contribution in [0, 0.1) is 0 Å². The van der Waals surface area contributed by atoms with Crippen molar-refractivity contribution in [1.82, 2.24) is 0 Å². The zero-order valence-electron chi connectivity index (χ0n) is 11.7. The van der Waals surface area contributed by atoms with Crippen LogP contribution in [0.25, 0.3) is 0 Å². The van der Waals surface area contributed by atoms with Gasteiger partial charge in [0.05, 0.1) is 12.2 Å². The Morgan fingerprint density at radius 2 is 1.77 bits per heavy atom. The van der Waals surface area contributed by atoms with Crippen LogP contribution in [0.4, 0.5) is 0 Å². The lowest BCUT2D eigenvalue weighted by Crippen LogP contribution is -2.16. The van der Waals surface area contributed by atoms with Gasteiger partial charge in [-0.25, -0.2) is 0 Å². The van der Waals surface area contributed by atoms with E-state index in [0.29, 0.717) is 48.2 Å². The Kier molecular flexibility index (Phi) is 3.30. The third-order valence-corrected chi connectivity index (χ3v) is 4.26. The normalized spacial score (nSPS) is 15.1. The van der Waals surface area contributed by atoms with Gasteiger partial charge in [0.2, 0.25) is 0 Å². The lowest BCUT2D eigenvalue weighted by molar-refractivity contribution is 0.103. The Morgan fingerprint density at radius 1 is 0.955 bits per heavy atom. The first kappa shape index (κ1) is 13.6.